The molecule has 0 radical (unpaired) electrons. The average Bonchev–Trinajstić information content (AvgIpc) is 3.34. The molecule has 0 spiro atoms. The highest BCUT2D eigenvalue weighted by molar-refractivity contribution is 5.97. The van der Waals surface area contributed by atoms with Gasteiger partial charge < -0.3 is 14.9 Å². The molecule has 4 rings (SSSR count). The van der Waals surface area contributed by atoms with Gasteiger partial charge >= 0.3 is 6.09 Å². The SMILES string of the molecule is [C-]#[N+]C1C(CCNC(=O)OC(C)(C)C)=Nc2[nH]ncc2C1c1cccc2nonc12. The van der Waals surface area contributed by atoms with E-state index in [2.05, 4.69) is 35.7 Å². The second kappa shape index (κ2) is 7.59. The second-order valence-corrected chi connectivity index (χ2v) is 7.99. The molecule has 154 valence electrons. The number of carbonyl (C=O) groups is 1. The molecule has 2 unspecified atom stereocenters. The number of hydrogen-bond donors (Lipinski definition) is 2. The Bertz CT molecular complexity index is 1150. The van der Waals surface area contributed by atoms with Crippen LogP contribution >= 0.6 is 0 Å². The molecular weight excluding hydrogens is 386 g/mol. The molecule has 2 aromatic heterocycles. The lowest BCUT2D eigenvalue weighted by Crippen LogP contribution is -2.36. The number of aromatic nitrogens is 4. The van der Waals surface area contributed by atoms with E-state index in [0.29, 0.717) is 35.5 Å². The van der Waals surface area contributed by atoms with Gasteiger partial charge in [-0.15, -0.1) is 0 Å². The number of H-pyrrole nitrogens is 1. The first-order valence-electron chi connectivity index (χ1n) is 9.52. The van der Waals surface area contributed by atoms with Crippen LogP contribution in [0.3, 0.4) is 0 Å². The Morgan fingerprint density at radius 1 is 1.33 bits per heavy atom. The molecule has 0 fully saturated rings. The van der Waals surface area contributed by atoms with E-state index < -0.39 is 17.7 Å². The van der Waals surface area contributed by atoms with Crippen LogP contribution in [-0.2, 0) is 4.74 Å². The topological polar surface area (TPSA) is 123 Å². The lowest BCUT2D eigenvalue weighted by molar-refractivity contribution is 0.0529. The zero-order chi connectivity index (χ0) is 21.3. The summed E-state index contributed by atoms with van der Waals surface area (Å²) < 4.78 is 10.2. The molecule has 1 aliphatic rings. The number of benzene rings is 1. The number of alkyl carbamates (subject to hydrolysis) is 1. The van der Waals surface area contributed by atoms with Crippen molar-refractivity contribution in [1.29, 1.82) is 0 Å². The highest BCUT2D eigenvalue weighted by Crippen LogP contribution is 2.41. The smallest absolute Gasteiger partial charge is 0.407 e. The van der Waals surface area contributed by atoms with Crippen molar-refractivity contribution in [3.63, 3.8) is 0 Å². The minimum Gasteiger partial charge on any atom is -0.444 e. The van der Waals surface area contributed by atoms with E-state index in [1.165, 1.54) is 0 Å². The third-order valence-electron chi connectivity index (χ3n) is 4.74. The van der Waals surface area contributed by atoms with Crippen molar-refractivity contribution in [2.24, 2.45) is 4.99 Å². The van der Waals surface area contributed by atoms with Gasteiger partial charge in [0.25, 0.3) is 6.04 Å². The van der Waals surface area contributed by atoms with Crippen LogP contribution in [0.1, 0.15) is 44.2 Å². The van der Waals surface area contributed by atoms with E-state index in [0.717, 1.165) is 11.1 Å². The number of aromatic amines is 1. The standard InChI is InChI=1S/C20H21N7O3/c1-20(2,3)29-19(28)22-9-8-13-17(21-4)15(12-10-23-25-18(12)24-13)11-6-5-7-14-16(11)27-30-26-14/h5-7,10,15,17H,8-9H2,1-3H3,(H,22,28)(H,23,25). The molecule has 0 bridgehead atoms. The minimum absolute atomic E-state index is 0.297. The first-order valence-corrected chi connectivity index (χ1v) is 9.52. The summed E-state index contributed by atoms with van der Waals surface area (Å²) in [5.74, 6) is 0.265. The molecule has 2 N–H and O–H groups in total. The summed E-state index contributed by atoms with van der Waals surface area (Å²) in [7, 11) is 0. The van der Waals surface area contributed by atoms with Crippen molar-refractivity contribution in [2.75, 3.05) is 6.54 Å². The summed E-state index contributed by atoms with van der Waals surface area (Å²) in [6, 6.07) is 5.01. The van der Waals surface area contributed by atoms with Gasteiger partial charge in [0.15, 0.2) is 5.82 Å². The van der Waals surface area contributed by atoms with Crippen LogP contribution in [0.4, 0.5) is 10.6 Å². The molecule has 0 aliphatic carbocycles. The summed E-state index contributed by atoms with van der Waals surface area (Å²) in [5, 5.41) is 17.7. The van der Waals surface area contributed by atoms with Gasteiger partial charge in [-0.3, -0.25) is 5.10 Å². The first-order chi connectivity index (χ1) is 14.4. The van der Waals surface area contributed by atoms with E-state index in [1.807, 2.05) is 12.1 Å². The maximum Gasteiger partial charge on any atom is 0.407 e. The maximum atomic E-state index is 11.9. The van der Waals surface area contributed by atoms with E-state index in [9.17, 15) is 4.79 Å². The van der Waals surface area contributed by atoms with Crippen molar-refractivity contribution in [1.82, 2.24) is 25.8 Å². The fourth-order valence-corrected chi connectivity index (χ4v) is 3.55. The van der Waals surface area contributed by atoms with Gasteiger partial charge in [-0.1, -0.05) is 12.1 Å². The summed E-state index contributed by atoms with van der Waals surface area (Å²) in [5.41, 5.74) is 2.94. The highest BCUT2D eigenvalue weighted by atomic mass is 16.6. The molecule has 10 heteroatoms. The molecule has 3 aromatic rings. The van der Waals surface area contributed by atoms with Crippen LogP contribution in [0, 0.1) is 6.57 Å². The Balaban J connectivity index is 1.61. The van der Waals surface area contributed by atoms with Gasteiger partial charge in [0, 0.05) is 18.5 Å². The molecule has 10 nitrogen and oxygen atoms in total. The van der Waals surface area contributed by atoms with Gasteiger partial charge in [-0.05, 0) is 42.7 Å². The third-order valence-corrected chi connectivity index (χ3v) is 4.74. The predicted molar refractivity (Wildman–Crippen MR) is 109 cm³/mol. The van der Waals surface area contributed by atoms with Crippen LogP contribution in [-0.4, -0.2) is 50.5 Å². The number of aliphatic imine (C=N–C) groups is 1. The zero-order valence-electron chi connectivity index (χ0n) is 16.8. The van der Waals surface area contributed by atoms with Crippen LogP contribution < -0.4 is 5.32 Å². The number of ether oxygens (including phenoxy) is 1. The monoisotopic (exact) mass is 407 g/mol. The number of hydrogen-bond acceptors (Lipinski definition) is 7. The zero-order valence-corrected chi connectivity index (χ0v) is 16.8. The lowest BCUT2D eigenvalue weighted by atomic mass is 9.81. The van der Waals surface area contributed by atoms with Gasteiger partial charge in [0.1, 0.15) is 22.3 Å². The number of nitrogens with one attached hydrogen (secondary N) is 2. The average molecular weight is 407 g/mol. The normalized spacial score (nSPS) is 18.4. The van der Waals surface area contributed by atoms with Crippen molar-refractivity contribution in [3.05, 3.63) is 46.9 Å². The van der Waals surface area contributed by atoms with Crippen molar-refractivity contribution in [3.8, 4) is 0 Å². The molecule has 2 atom stereocenters. The van der Waals surface area contributed by atoms with Crippen molar-refractivity contribution < 1.29 is 14.2 Å². The third kappa shape index (κ3) is 3.74. The molecule has 0 saturated carbocycles. The molecule has 1 aliphatic heterocycles. The van der Waals surface area contributed by atoms with Crippen LogP contribution in [0.15, 0.2) is 34.0 Å². The quantitative estimate of drug-likeness (QED) is 0.639. The van der Waals surface area contributed by atoms with Crippen LogP contribution in [0.25, 0.3) is 15.9 Å². The van der Waals surface area contributed by atoms with Gasteiger partial charge in [-0.25, -0.2) is 21.0 Å². The molecule has 3 heterocycles. The molecule has 30 heavy (non-hydrogen) atoms. The fourth-order valence-electron chi connectivity index (χ4n) is 3.55. The maximum absolute atomic E-state index is 11.9. The Morgan fingerprint density at radius 2 is 2.17 bits per heavy atom. The Labute approximate surface area is 172 Å². The second-order valence-electron chi connectivity index (χ2n) is 7.99. The van der Waals surface area contributed by atoms with Gasteiger partial charge in [0.05, 0.1) is 12.1 Å². The number of carbonyl (C=O) groups excluding carboxylic acids is 1. The Hall–Kier alpha value is -3.74. The largest absolute Gasteiger partial charge is 0.444 e. The molecule has 1 aromatic carbocycles. The predicted octanol–water partition coefficient (Wildman–Crippen LogP) is 3.37. The summed E-state index contributed by atoms with van der Waals surface area (Å²) >= 11 is 0. The van der Waals surface area contributed by atoms with Crippen molar-refractivity contribution in [2.45, 2.75) is 44.8 Å². The van der Waals surface area contributed by atoms with E-state index in [4.69, 9.17) is 15.9 Å². The Kier molecular flexibility index (Phi) is 4.95. The fraction of sp³-hybridized carbons (Fsp3) is 0.400. The minimum atomic E-state index is -0.578. The summed E-state index contributed by atoms with van der Waals surface area (Å²) in [6.45, 7) is 13.6. The number of amides is 1. The number of rotatable bonds is 4. The number of nitrogens with zero attached hydrogens (tertiary/aromatic N) is 5. The summed E-state index contributed by atoms with van der Waals surface area (Å²) in [6.07, 6.45) is 1.58. The summed E-state index contributed by atoms with van der Waals surface area (Å²) in [4.78, 5) is 20.4. The number of fused-ring (bicyclic) bond motifs is 2. The van der Waals surface area contributed by atoms with E-state index in [1.54, 1.807) is 33.0 Å². The lowest BCUT2D eigenvalue weighted by Gasteiger charge is -2.24. The molecule has 0 saturated heterocycles. The van der Waals surface area contributed by atoms with Gasteiger partial charge in [-0.2, -0.15) is 5.10 Å². The van der Waals surface area contributed by atoms with Gasteiger partial charge in [0.2, 0.25) is 0 Å². The van der Waals surface area contributed by atoms with Crippen LogP contribution in [0.5, 0.6) is 0 Å². The molecular formula is C20H21N7O3. The van der Waals surface area contributed by atoms with E-state index in [-0.39, 0.29) is 5.92 Å². The van der Waals surface area contributed by atoms with Crippen molar-refractivity contribution >= 4 is 28.7 Å². The van der Waals surface area contributed by atoms with Crippen LogP contribution in [0.2, 0.25) is 0 Å². The van der Waals surface area contributed by atoms with E-state index >= 15 is 0 Å². The highest BCUT2D eigenvalue weighted by Gasteiger charge is 2.41. The first kappa shape index (κ1) is 19.6. The Morgan fingerprint density at radius 3 is 2.93 bits per heavy atom. The molecule has 1 amide bonds.